The lowest BCUT2D eigenvalue weighted by Gasteiger charge is -2.24. The summed E-state index contributed by atoms with van der Waals surface area (Å²) in [6, 6.07) is 0. The summed E-state index contributed by atoms with van der Waals surface area (Å²) in [6.45, 7) is 5.94. The first-order valence-electron chi connectivity index (χ1n) is 7.50. The second-order valence-corrected chi connectivity index (χ2v) is 5.89. The minimum absolute atomic E-state index is 0.224. The highest BCUT2D eigenvalue weighted by molar-refractivity contribution is 7.81. The average Bonchev–Trinajstić information content (AvgIpc) is 2.45. The summed E-state index contributed by atoms with van der Waals surface area (Å²) >= 11 is 5.62. The van der Waals surface area contributed by atoms with Crippen molar-refractivity contribution in [3.63, 3.8) is 0 Å². The van der Waals surface area contributed by atoms with Crippen molar-refractivity contribution < 1.29 is 9.90 Å². The minimum atomic E-state index is -0.915. The molecule has 0 aromatic carbocycles. The molecule has 0 saturated carbocycles. The lowest BCUT2D eigenvalue weighted by molar-refractivity contribution is 0.0694. The van der Waals surface area contributed by atoms with Gasteiger partial charge in [0.15, 0.2) is 0 Å². The Labute approximate surface area is 131 Å². The van der Waals surface area contributed by atoms with Crippen LogP contribution in [0.15, 0.2) is 6.08 Å². The van der Waals surface area contributed by atoms with E-state index in [9.17, 15) is 9.90 Å². The number of aryl methyl sites for hydroxylation is 1. The highest BCUT2D eigenvalue weighted by Crippen LogP contribution is 2.31. The Morgan fingerprint density at radius 3 is 2.71 bits per heavy atom. The largest absolute Gasteiger partial charge is 0.478 e. The standard InChI is InChI=1S/C17H21NO2S/c1-4-6-7-11-8-9-13-14(16(11)21)10(3)15(17(19)20)12(5-2)18-13/h8-9,11H,4-7H2,1-3H3,(H,19,20). The van der Waals surface area contributed by atoms with E-state index in [1.807, 2.05) is 19.9 Å². The van der Waals surface area contributed by atoms with Crippen LogP contribution in [0.2, 0.25) is 0 Å². The van der Waals surface area contributed by atoms with Gasteiger partial charge in [-0.2, -0.15) is 0 Å². The van der Waals surface area contributed by atoms with Gasteiger partial charge in [0.1, 0.15) is 0 Å². The molecule has 2 rings (SSSR count). The van der Waals surface area contributed by atoms with E-state index in [1.165, 1.54) is 0 Å². The summed E-state index contributed by atoms with van der Waals surface area (Å²) in [6.07, 6.45) is 8.00. The lowest BCUT2D eigenvalue weighted by Crippen LogP contribution is -2.22. The second kappa shape index (κ2) is 6.48. The zero-order valence-electron chi connectivity index (χ0n) is 12.8. The van der Waals surface area contributed by atoms with Crippen molar-refractivity contribution in [1.82, 2.24) is 4.98 Å². The number of hydrogen-bond donors (Lipinski definition) is 1. The molecule has 21 heavy (non-hydrogen) atoms. The highest BCUT2D eigenvalue weighted by atomic mass is 32.1. The molecule has 0 amide bonds. The predicted molar refractivity (Wildman–Crippen MR) is 89.1 cm³/mol. The SMILES string of the molecule is CCCCC1C=Cc2nc(CC)c(C(=O)O)c(C)c2C1=S. The normalized spacial score (nSPS) is 16.9. The Balaban J connectivity index is 2.54. The van der Waals surface area contributed by atoms with Gasteiger partial charge in [0.25, 0.3) is 0 Å². The number of carboxylic acid groups (broad SMARTS) is 1. The van der Waals surface area contributed by atoms with Crippen LogP contribution in [0.4, 0.5) is 0 Å². The Hall–Kier alpha value is -1.55. The molecule has 0 fully saturated rings. The molecule has 1 aliphatic rings. The average molecular weight is 303 g/mol. The summed E-state index contributed by atoms with van der Waals surface area (Å²) in [4.78, 5) is 16.9. The van der Waals surface area contributed by atoms with Crippen molar-refractivity contribution in [1.29, 1.82) is 0 Å². The molecule has 1 unspecified atom stereocenters. The molecule has 1 N–H and O–H groups in total. The van der Waals surface area contributed by atoms with E-state index in [4.69, 9.17) is 12.2 Å². The summed E-state index contributed by atoms with van der Waals surface area (Å²) < 4.78 is 0. The number of carboxylic acids is 1. The first-order valence-corrected chi connectivity index (χ1v) is 7.91. The van der Waals surface area contributed by atoms with Gasteiger partial charge in [-0.25, -0.2) is 4.79 Å². The third-order valence-corrected chi connectivity index (χ3v) is 4.54. The number of carbonyl (C=O) groups is 1. The van der Waals surface area contributed by atoms with Crippen molar-refractivity contribution >= 4 is 29.1 Å². The fourth-order valence-corrected chi connectivity index (χ4v) is 3.35. The van der Waals surface area contributed by atoms with Gasteiger partial charge in [0, 0.05) is 16.3 Å². The van der Waals surface area contributed by atoms with Crippen LogP contribution >= 0.6 is 12.2 Å². The van der Waals surface area contributed by atoms with Crippen molar-refractivity contribution in [2.75, 3.05) is 0 Å². The quantitative estimate of drug-likeness (QED) is 0.828. The molecule has 1 aromatic heterocycles. The topological polar surface area (TPSA) is 50.2 Å². The number of hydrogen-bond acceptors (Lipinski definition) is 3. The van der Waals surface area contributed by atoms with Gasteiger partial charge < -0.3 is 5.11 Å². The number of nitrogens with zero attached hydrogens (tertiary/aromatic N) is 1. The molecule has 1 aliphatic carbocycles. The molecule has 1 atom stereocenters. The number of aromatic carboxylic acids is 1. The number of allylic oxidation sites excluding steroid dienone is 1. The Kier molecular flexibility index (Phi) is 4.88. The smallest absolute Gasteiger partial charge is 0.337 e. The van der Waals surface area contributed by atoms with Crippen LogP contribution in [0.3, 0.4) is 0 Å². The predicted octanol–water partition coefficient (Wildman–Crippen LogP) is 4.20. The van der Waals surface area contributed by atoms with Gasteiger partial charge >= 0.3 is 5.97 Å². The molecule has 4 heteroatoms. The van der Waals surface area contributed by atoms with Crippen molar-refractivity contribution in [3.8, 4) is 0 Å². The molecule has 0 aliphatic heterocycles. The van der Waals surface area contributed by atoms with Gasteiger partial charge in [-0.1, -0.05) is 45.0 Å². The van der Waals surface area contributed by atoms with E-state index in [0.717, 1.165) is 40.9 Å². The summed E-state index contributed by atoms with van der Waals surface area (Å²) in [5, 5.41) is 9.47. The third-order valence-electron chi connectivity index (χ3n) is 4.04. The van der Waals surface area contributed by atoms with E-state index in [-0.39, 0.29) is 5.92 Å². The number of pyridine rings is 1. The van der Waals surface area contributed by atoms with Crippen LogP contribution in [0.5, 0.6) is 0 Å². The van der Waals surface area contributed by atoms with Gasteiger partial charge in [0.05, 0.1) is 17.0 Å². The van der Waals surface area contributed by atoms with Crippen LogP contribution in [-0.2, 0) is 6.42 Å². The van der Waals surface area contributed by atoms with E-state index in [2.05, 4.69) is 18.0 Å². The lowest BCUT2D eigenvalue weighted by atomic mass is 9.84. The van der Waals surface area contributed by atoms with Crippen molar-refractivity contribution in [2.45, 2.75) is 46.5 Å². The molecular formula is C17H21NO2S. The zero-order valence-corrected chi connectivity index (χ0v) is 13.6. The fourth-order valence-electron chi connectivity index (χ4n) is 2.89. The second-order valence-electron chi connectivity index (χ2n) is 5.45. The van der Waals surface area contributed by atoms with Gasteiger partial charge in [-0.15, -0.1) is 0 Å². The fraction of sp³-hybridized carbons (Fsp3) is 0.471. The minimum Gasteiger partial charge on any atom is -0.478 e. The number of aromatic nitrogens is 1. The number of rotatable bonds is 5. The molecule has 1 heterocycles. The maximum absolute atomic E-state index is 11.5. The maximum Gasteiger partial charge on any atom is 0.337 e. The molecule has 0 spiro atoms. The Morgan fingerprint density at radius 2 is 2.14 bits per heavy atom. The monoisotopic (exact) mass is 303 g/mol. The van der Waals surface area contributed by atoms with Crippen LogP contribution in [0.25, 0.3) is 6.08 Å². The number of fused-ring (bicyclic) bond motifs is 1. The first kappa shape index (κ1) is 15.8. The molecule has 112 valence electrons. The third kappa shape index (κ3) is 2.91. The maximum atomic E-state index is 11.5. The highest BCUT2D eigenvalue weighted by Gasteiger charge is 2.27. The molecule has 0 saturated heterocycles. The van der Waals surface area contributed by atoms with Crippen LogP contribution < -0.4 is 0 Å². The van der Waals surface area contributed by atoms with Gasteiger partial charge in [-0.3, -0.25) is 4.98 Å². The molecule has 0 bridgehead atoms. The first-order chi connectivity index (χ1) is 10.0. The summed E-state index contributed by atoms with van der Waals surface area (Å²) in [7, 11) is 0. The van der Waals surface area contributed by atoms with Crippen molar-refractivity contribution in [2.24, 2.45) is 5.92 Å². The Morgan fingerprint density at radius 1 is 1.43 bits per heavy atom. The van der Waals surface area contributed by atoms with E-state index in [1.54, 1.807) is 0 Å². The number of unbranched alkanes of at least 4 members (excludes halogenated alkanes) is 1. The van der Waals surface area contributed by atoms with Gasteiger partial charge in [0.2, 0.25) is 0 Å². The van der Waals surface area contributed by atoms with Gasteiger partial charge in [-0.05, 0) is 31.4 Å². The van der Waals surface area contributed by atoms with Crippen LogP contribution in [-0.4, -0.2) is 20.9 Å². The van der Waals surface area contributed by atoms with E-state index in [0.29, 0.717) is 17.7 Å². The molecular weight excluding hydrogens is 282 g/mol. The van der Waals surface area contributed by atoms with Crippen molar-refractivity contribution in [3.05, 3.63) is 34.2 Å². The van der Waals surface area contributed by atoms with E-state index >= 15 is 0 Å². The molecule has 3 nitrogen and oxygen atoms in total. The van der Waals surface area contributed by atoms with E-state index < -0.39 is 5.97 Å². The van der Waals surface area contributed by atoms with Crippen LogP contribution in [0, 0.1) is 12.8 Å². The summed E-state index contributed by atoms with van der Waals surface area (Å²) in [5.41, 5.74) is 3.41. The molecule has 0 radical (unpaired) electrons. The van der Waals surface area contributed by atoms with Crippen LogP contribution in [0.1, 0.15) is 66.0 Å². The molecule has 1 aromatic rings. The summed E-state index contributed by atoms with van der Waals surface area (Å²) in [5.74, 6) is -0.691. The number of thiocarbonyl (C=S) groups is 1. The zero-order chi connectivity index (χ0) is 15.6. The Bertz CT molecular complexity index is 620.